The van der Waals surface area contributed by atoms with E-state index in [9.17, 15) is 14.7 Å². The molecule has 0 bridgehead atoms. The maximum Gasteiger partial charge on any atom is 0.274 e. The van der Waals surface area contributed by atoms with E-state index in [4.69, 9.17) is 0 Å². The lowest BCUT2D eigenvalue weighted by Crippen LogP contribution is -2.50. The van der Waals surface area contributed by atoms with Gasteiger partial charge in [0.1, 0.15) is 5.69 Å². The normalized spacial score (nSPS) is 20.0. The van der Waals surface area contributed by atoms with Gasteiger partial charge >= 0.3 is 0 Å². The fraction of sp³-hybridized carbons (Fsp3) is 0.667. The molecular weight excluding hydrogens is 320 g/mol. The summed E-state index contributed by atoms with van der Waals surface area (Å²) in [6, 6.07) is 2.84. The van der Waals surface area contributed by atoms with Crippen molar-refractivity contribution in [3.8, 4) is 0 Å². The number of nitrogens with zero attached hydrogens (tertiary/aromatic N) is 4. The Morgan fingerprint density at radius 3 is 2.52 bits per heavy atom. The molecular formula is C15H23ClN4O3. The van der Waals surface area contributed by atoms with Crippen LogP contribution >= 0.6 is 12.4 Å². The van der Waals surface area contributed by atoms with Crippen molar-refractivity contribution in [3.63, 3.8) is 0 Å². The number of aromatic nitrogens is 2. The Bertz CT molecular complexity index is 609. The summed E-state index contributed by atoms with van der Waals surface area (Å²) < 4.78 is 1.18. The Hall–Kier alpha value is -1.44. The molecule has 23 heavy (non-hydrogen) atoms. The minimum atomic E-state index is -0.229. The lowest BCUT2D eigenvalue weighted by atomic mass is 10.2. The Balaban J connectivity index is 0.00000192. The number of β-amino-alcohol motifs (C(OH)–C–C–N with tert-alkyl or cyclic N) is 1. The van der Waals surface area contributed by atoms with E-state index in [0.29, 0.717) is 31.2 Å². The van der Waals surface area contributed by atoms with Crippen molar-refractivity contribution >= 4 is 18.3 Å². The quantitative estimate of drug-likeness (QED) is 0.815. The molecule has 2 heterocycles. The van der Waals surface area contributed by atoms with Gasteiger partial charge in [-0.15, -0.1) is 12.4 Å². The standard InChI is InChI=1S/C15H22N4O3.ClH/c1-17-14(21)5-4-12(16-17)15(22)19-8-6-18(7-9-19)10-13(20)11-2-3-11;/h4-5,11,13,20H,2-3,6-10H2,1H3;1H. The van der Waals surface area contributed by atoms with Gasteiger partial charge in [-0.1, -0.05) is 0 Å². The molecule has 1 amide bonds. The van der Waals surface area contributed by atoms with E-state index in [0.717, 1.165) is 25.9 Å². The third kappa shape index (κ3) is 4.31. The summed E-state index contributed by atoms with van der Waals surface area (Å²) in [6.45, 7) is 3.48. The van der Waals surface area contributed by atoms with Gasteiger partial charge in [0, 0.05) is 45.8 Å². The van der Waals surface area contributed by atoms with Gasteiger partial charge in [-0.2, -0.15) is 5.10 Å². The second kappa shape index (κ2) is 7.42. The Morgan fingerprint density at radius 1 is 1.30 bits per heavy atom. The molecule has 1 saturated carbocycles. The fourth-order valence-corrected chi connectivity index (χ4v) is 2.81. The number of hydrogen-bond donors (Lipinski definition) is 1. The molecule has 1 aliphatic heterocycles. The Kier molecular flexibility index (Phi) is 5.78. The minimum Gasteiger partial charge on any atom is -0.392 e. The number of aryl methyl sites for hydroxylation is 1. The first-order valence-corrected chi connectivity index (χ1v) is 7.78. The van der Waals surface area contributed by atoms with Crippen LogP contribution < -0.4 is 5.56 Å². The van der Waals surface area contributed by atoms with Crippen LogP contribution in [0.25, 0.3) is 0 Å². The topological polar surface area (TPSA) is 78.7 Å². The van der Waals surface area contributed by atoms with Crippen molar-refractivity contribution in [2.75, 3.05) is 32.7 Å². The maximum atomic E-state index is 12.4. The predicted molar refractivity (Wildman–Crippen MR) is 87.8 cm³/mol. The van der Waals surface area contributed by atoms with Crippen LogP contribution in [0.3, 0.4) is 0 Å². The van der Waals surface area contributed by atoms with Crippen molar-refractivity contribution in [3.05, 3.63) is 28.2 Å². The average Bonchev–Trinajstić information content (AvgIpc) is 3.35. The highest BCUT2D eigenvalue weighted by Crippen LogP contribution is 2.32. The van der Waals surface area contributed by atoms with E-state index >= 15 is 0 Å². The second-order valence-corrected chi connectivity index (χ2v) is 6.18. The first-order valence-electron chi connectivity index (χ1n) is 7.78. The molecule has 1 aromatic rings. The summed E-state index contributed by atoms with van der Waals surface area (Å²) in [5, 5.41) is 14.0. The predicted octanol–water partition coefficient (Wildman–Crippen LogP) is -0.269. The molecule has 1 aliphatic carbocycles. The highest BCUT2D eigenvalue weighted by molar-refractivity contribution is 5.92. The summed E-state index contributed by atoms with van der Waals surface area (Å²) >= 11 is 0. The maximum absolute atomic E-state index is 12.4. The Morgan fingerprint density at radius 2 is 1.96 bits per heavy atom. The van der Waals surface area contributed by atoms with E-state index in [2.05, 4.69) is 10.00 Å². The minimum absolute atomic E-state index is 0. The van der Waals surface area contributed by atoms with Crippen LogP contribution in [-0.2, 0) is 7.05 Å². The van der Waals surface area contributed by atoms with Crippen molar-refractivity contribution < 1.29 is 9.90 Å². The molecule has 8 heteroatoms. The number of hydrogen-bond acceptors (Lipinski definition) is 5. The molecule has 1 aromatic heterocycles. The third-order valence-electron chi connectivity index (χ3n) is 4.45. The Labute approximate surface area is 141 Å². The highest BCUT2D eigenvalue weighted by atomic mass is 35.5. The third-order valence-corrected chi connectivity index (χ3v) is 4.45. The zero-order valence-electron chi connectivity index (χ0n) is 13.2. The average molecular weight is 343 g/mol. The summed E-state index contributed by atoms with van der Waals surface area (Å²) in [5.74, 6) is 0.340. The lowest BCUT2D eigenvalue weighted by Gasteiger charge is -2.35. The number of rotatable bonds is 4. The molecule has 7 nitrogen and oxygen atoms in total. The van der Waals surface area contributed by atoms with Gasteiger partial charge in [-0.3, -0.25) is 14.5 Å². The number of amides is 1. The number of aliphatic hydroxyl groups is 1. The van der Waals surface area contributed by atoms with E-state index in [1.807, 2.05) is 0 Å². The fourth-order valence-electron chi connectivity index (χ4n) is 2.81. The number of piperazine rings is 1. The number of aliphatic hydroxyl groups excluding tert-OH is 1. The molecule has 2 aliphatic rings. The van der Waals surface area contributed by atoms with Crippen LogP contribution in [0.5, 0.6) is 0 Å². The molecule has 0 radical (unpaired) electrons. The van der Waals surface area contributed by atoms with Gasteiger partial charge in [0.2, 0.25) is 0 Å². The van der Waals surface area contributed by atoms with Crippen molar-refractivity contribution in [2.45, 2.75) is 18.9 Å². The van der Waals surface area contributed by atoms with Crippen molar-refractivity contribution in [1.82, 2.24) is 19.6 Å². The van der Waals surface area contributed by atoms with Gasteiger partial charge in [-0.25, -0.2) is 4.68 Å². The summed E-state index contributed by atoms with van der Waals surface area (Å²) in [5.41, 5.74) is 0.0731. The molecule has 1 atom stereocenters. The highest BCUT2D eigenvalue weighted by Gasteiger charge is 2.32. The molecule has 0 aromatic carbocycles. The molecule has 3 rings (SSSR count). The van der Waals surface area contributed by atoms with Gasteiger partial charge in [0.05, 0.1) is 6.10 Å². The monoisotopic (exact) mass is 342 g/mol. The first kappa shape index (κ1) is 17.9. The van der Waals surface area contributed by atoms with Crippen LogP contribution in [0.2, 0.25) is 0 Å². The lowest BCUT2D eigenvalue weighted by molar-refractivity contribution is 0.0483. The van der Waals surface area contributed by atoms with Gasteiger partial charge in [0.25, 0.3) is 11.5 Å². The molecule has 1 unspecified atom stereocenters. The largest absolute Gasteiger partial charge is 0.392 e. The van der Waals surface area contributed by atoms with Crippen LogP contribution in [0.1, 0.15) is 23.3 Å². The zero-order chi connectivity index (χ0) is 15.7. The first-order chi connectivity index (χ1) is 10.5. The van der Waals surface area contributed by atoms with E-state index in [-0.39, 0.29) is 30.0 Å². The van der Waals surface area contributed by atoms with Crippen molar-refractivity contribution in [1.29, 1.82) is 0 Å². The van der Waals surface area contributed by atoms with E-state index in [1.165, 1.54) is 23.9 Å². The number of carbonyl (C=O) groups excluding carboxylic acids is 1. The van der Waals surface area contributed by atoms with Crippen LogP contribution in [-0.4, -0.2) is 69.4 Å². The van der Waals surface area contributed by atoms with E-state index < -0.39 is 0 Å². The molecule has 128 valence electrons. The summed E-state index contributed by atoms with van der Waals surface area (Å²) in [6.07, 6.45) is 2.04. The van der Waals surface area contributed by atoms with Gasteiger partial charge < -0.3 is 10.0 Å². The SMILES string of the molecule is Cl.Cn1nc(C(=O)N2CCN(CC(O)C3CC3)CC2)ccc1=O. The number of halogens is 1. The van der Waals surface area contributed by atoms with Crippen LogP contribution in [0, 0.1) is 5.92 Å². The van der Waals surface area contributed by atoms with Gasteiger partial charge in [0.15, 0.2) is 0 Å². The molecule has 2 fully saturated rings. The van der Waals surface area contributed by atoms with E-state index in [1.54, 1.807) is 4.90 Å². The molecule has 1 saturated heterocycles. The van der Waals surface area contributed by atoms with Crippen LogP contribution in [0.15, 0.2) is 16.9 Å². The van der Waals surface area contributed by atoms with Crippen molar-refractivity contribution in [2.24, 2.45) is 13.0 Å². The summed E-state index contributed by atoms with van der Waals surface area (Å²) in [7, 11) is 1.54. The van der Waals surface area contributed by atoms with Gasteiger partial charge in [-0.05, 0) is 24.8 Å². The summed E-state index contributed by atoms with van der Waals surface area (Å²) in [4.78, 5) is 27.7. The second-order valence-electron chi connectivity index (χ2n) is 6.18. The number of carbonyl (C=O) groups is 1. The van der Waals surface area contributed by atoms with Crippen LogP contribution in [0.4, 0.5) is 0 Å². The zero-order valence-corrected chi connectivity index (χ0v) is 14.0. The molecule has 1 N–H and O–H groups in total. The molecule has 0 spiro atoms. The smallest absolute Gasteiger partial charge is 0.274 e.